The van der Waals surface area contributed by atoms with Gasteiger partial charge in [-0.05, 0) is 71.0 Å². The first-order chi connectivity index (χ1) is 10.2. The van der Waals surface area contributed by atoms with Crippen LogP contribution in [0.2, 0.25) is 0 Å². The molecule has 0 radical (unpaired) electrons. The summed E-state index contributed by atoms with van der Waals surface area (Å²) in [6.45, 7) is 4.26. The van der Waals surface area contributed by atoms with Crippen LogP contribution in [-0.4, -0.2) is 0 Å². The van der Waals surface area contributed by atoms with Crippen molar-refractivity contribution in [3.63, 3.8) is 0 Å². The van der Waals surface area contributed by atoms with E-state index in [4.69, 9.17) is 0 Å². The Morgan fingerprint density at radius 1 is 1.05 bits per heavy atom. The molecule has 0 N–H and O–H groups in total. The predicted octanol–water partition coefficient (Wildman–Crippen LogP) is 5.88. The van der Waals surface area contributed by atoms with Gasteiger partial charge in [-0.2, -0.15) is 0 Å². The summed E-state index contributed by atoms with van der Waals surface area (Å²) < 4.78 is 14.7. The summed E-state index contributed by atoms with van der Waals surface area (Å²) in [7, 11) is 0. The monoisotopic (exact) mass is 278 g/mol. The van der Waals surface area contributed by atoms with Crippen molar-refractivity contribution >= 4 is 21.5 Å². The summed E-state index contributed by atoms with van der Waals surface area (Å²) in [5.74, 6) is 0.445. The minimum atomic E-state index is -0.0817. The quantitative estimate of drug-likeness (QED) is 0.450. The van der Waals surface area contributed by atoms with Crippen molar-refractivity contribution in [2.24, 2.45) is 0 Å². The van der Waals surface area contributed by atoms with Crippen molar-refractivity contribution in [1.29, 1.82) is 0 Å². The molecule has 0 nitrogen and oxygen atoms in total. The molecule has 4 rings (SSSR count). The van der Waals surface area contributed by atoms with Crippen molar-refractivity contribution in [2.45, 2.75) is 39.0 Å². The summed E-state index contributed by atoms with van der Waals surface area (Å²) in [6.07, 6.45) is 3.58. The van der Waals surface area contributed by atoms with E-state index in [0.29, 0.717) is 5.92 Å². The van der Waals surface area contributed by atoms with Gasteiger partial charge in [0.15, 0.2) is 0 Å². The molecule has 1 unspecified atom stereocenters. The van der Waals surface area contributed by atoms with Gasteiger partial charge in [0.25, 0.3) is 0 Å². The highest BCUT2D eigenvalue weighted by Crippen LogP contribution is 2.40. The maximum atomic E-state index is 14.7. The zero-order valence-electron chi connectivity index (χ0n) is 12.5. The second-order valence-corrected chi connectivity index (χ2v) is 6.38. The molecule has 0 saturated heterocycles. The maximum Gasteiger partial charge on any atom is 0.131 e. The molecule has 1 aliphatic carbocycles. The van der Waals surface area contributed by atoms with E-state index >= 15 is 0 Å². The molecule has 1 atom stereocenters. The van der Waals surface area contributed by atoms with Gasteiger partial charge in [0, 0.05) is 5.39 Å². The minimum Gasteiger partial charge on any atom is -0.206 e. The second kappa shape index (κ2) is 4.56. The lowest BCUT2D eigenvalue weighted by Gasteiger charge is -2.25. The van der Waals surface area contributed by atoms with Crippen LogP contribution in [-0.2, 0) is 6.42 Å². The summed E-state index contributed by atoms with van der Waals surface area (Å²) in [6, 6.07) is 12.3. The first-order valence-corrected chi connectivity index (χ1v) is 7.80. The van der Waals surface area contributed by atoms with Crippen molar-refractivity contribution in [2.75, 3.05) is 0 Å². The summed E-state index contributed by atoms with van der Waals surface area (Å²) in [5.41, 5.74) is 3.80. The number of fused-ring (bicyclic) bond motifs is 5. The normalized spacial score (nSPS) is 18.1. The van der Waals surface area contributed by atoms with E-state index in [1.165, 1.54) is 29.4 Å². The van der Waals surface area contributed by atoms with E-state index < -0.39 is 0 Å². The van der Waals surface area contributed by atoms with Gasteiger partial charge in [-0.1, -0.05) is 37.3 Å². The standard InChI is InChI=1S/C20H19F/c1-12-5-3-7-14-9-10-15-16-8-4-6-13(2)20(16)18(21)11-17(15)19(12)14/h4,6,8-12H,3,5,7H2,1-2H3. The largest absolute Gasteiger partial charge is 0.206 e. The third-order valence-corrected chi connectivity index (χ3v) is 5.03. The molecule has 21 heavy (non-hydrogen) atoms. The van der Waals surface area contributed by atoms with E-state index in [1.54, 1.807) is 6.07 Å². The lowest BCUT2D eigenvalue weighted by atomic mass is 9.80. The van der Waals surface area contributed by atoms with Gasteiger partial charge in [-0.25, -0.2) is 4.39 Å². The third kappa shape index (κ3) is 1.80. The Morgan fingerprint density at radius 3 is 2.76 bits per heavy atom. The molecule has 0 fully saturated rings. The molecule has 0 aromatic heterocycles. The van der Waals surface area contributed by atoms with E-state index in [1.807, 2.05) is 25.1 Å². The lowest BCUT2D eigenvalue weighted by Crippen LogP contribution is -2.08. The SMILES string of the molecule is Cc1cccc2c1c(F)cc1c3c(ccc12)CCCC3C. The smallest absolute Gasteiger partial charge is 0.131 e. The van der Waals surface area contributed by atoms with Gasteiger partial charge in [0.2, 0.25) is 0 Å². The molecule has 3 aromatic carbocycles. The average molecular weight is 278 g/mol. The van der Waals surface area contributed by atoms with Crippen LogP contribution in [0.5, 0.6) is 0 Å². The first-order valence-electron chi connectivity index (χ1n) is 7.80. The van der Waals surface area contributed by atoms with Gasteiger partial charge < -0.3 is 0 Å². The van der Waals surface area contributed by atoms with Crippen molar-refractivity contribution in [3.05, 3.63) is 58.9 Å². The Kier molecular flexibility index (Phi) is 2.78. The van der Waals surface area contributed by atoms with Crippen LogP contribution < -0.4 is 0 Å². The molecule has 1 aliphatic rings. The number of halogens is 1. The van der Waals surface area contributed by atoms with Crippen molar-refractivity contribution in [1.82, 2.24) is 0 Å². The maximum absolute atomic E-state index is 14.7. The molecule has 3 aromatic rings. The molecule has 106 valence electrons. The van der Waals surface area contributed by atoms with Gasteiger partial charge >= 0.3 is 0 Å². The molecule has 0 amide bonds. The predicted molar refractivity (Wildman–Crippen MR) is 87.5 cm³/mol. The average Bonchev–Trinajstić information content (AvgIpc) is 2.47. The molecule has 0 spiro atoms. The number of hydrogen-bond acceptors (Lipinski definition) is 0. The third-order valence-electron chi connectivity index (χ3n) is 5.03. The molecule has 1 heteroatoms. The molecular formula is C20H19F. The molecule has 0 heterocycles. The Morgan fingerprint density at radius 2 is 1.90 bits per heavy atom. The number of aryl methyl sites for hydroxylation is 2. The number of benzene rings is 3. The van der Waals surface area contributed by atoms with Gasteiger partial charge in [0.05, 0.1) is 0 Å². The van der Waals surface area contributed by atoms with E-state index in [2.05, 4.69) is 19.1 Å². The van der Waals surface area contributed by atoms with Crippen LogP contribution in [0.25, 0.3) is 21.5 Å². The van der Waals surface area contributed by atoms with Crippen LogP contribution in [0.3, 0.4) is 0 Å². The summed E-state index contributed by atoms with van der Waals surface area (Å²) >= 11 is 0. The second-order valence-electron chi connectivity index (χ2n) is 6.38. The summed E-state index contributed by atoms with van der Waals surface area (Å²) in [5, 5.41) is 4.14. The highest BCUT2D eigenvalue weighted by molar-refractivity contribution is 6.10. The van der Waals surface area contributed by atoms with Crippen LogP contribution in [0, 0.1) is 12.7 Å². The van der Waals surface area contributed by atoms with Crippen LogP contribution >= 0.6 is 0 Å². The van der Waals surface area contributed by atoms with Crippen LogP contribution in [0.15, 0.2) is 36.4 Å². The van der Waals surface area contributed by atoms with Crippen molar-refractivity contribution in [3.8, 4) is 0 Å². The van der Waals surface area contributed by atoms with E-state index in [0.717, 1.165) is 28.1 Å². The minimum absolute atomic E-state index is 0.0817. The fourth-order valence-electron chi connectivity index (χ4n) is 4.02. The Balaban J connectivity index is 2.20. The van der Waals surface area contributed by atoms with Gasteiger partial charge in [0.1, 0.15) is 5.82 Å². The Hall–Kier alpha value is -1.89. The molecular weight excluding hydrogens is 259 g/mol. The summed E-state index contributed by atoms with van der Waals surface area (Å²) in [4.78, 5) is 0. The Labute approximate surface area is 124 Å². The fraction of sp³-hybridized carbons (Fsp3) is 0.300. The van der Waals surface area contributed by atoms with Crippen LogP contribution in [0.1, 0.15) is 42.4 Å². The van der Waals surface area contributed by atoms with Gasteiger partial charge in [-0.3, -0.25) is 0 Å². The van der Waals surface area contributed by atoms with Gasteiger partial charge in [-0.15, -0.1) is 0 Å². The fourth-order valence-corrected chi connectivity index (χ4v) is 4.02. The van der Waals surface area contributed by atoms with Crippen molar-refractivity contribution < 1.29 is 4.39 Å². The van der Waals surface area contributed by atoms with E-state index in [9.17, 15) is 4.39 Å². The highest BCUT2D eigenvalue weighted by Gasteiger charge is 2.20. The number of hydrogen-bond donors (Lipinski definition) is 0. The molecule has 0 saturated carbocycles. The first kappa shape index (κ1) is 12.8. The van der Waals surface area contributed by atoms with Crippen LogP contribution in [0.4, 0.5) is 4.39 Å². The Bertz CT molecular complexity index is 861. The zero-order valence-corrected chi connectivity index (χ0v) is 12.5. The number of rotatable bonds is 0. The lowest BCUT2D eigenvalue weighted by molar-refractivity contribution is 0.594. The highest BCUT2D eigenvalue weighted by atomic mass is 19.1. The topological polar surface area (TPSA) is 0 Å². The zero-order chi connectivity index (χ0) is 14.6. The molecule has 0 aliphatic heterocycles. The van der Waals surface area contributed by atoms with E-state index in [-0.39, 0.29) is 5.82 Å². The molecule has 0 bridgehead atoms.